The van der Waals surface area contributed by atoms with Crippen molar-refractivity contribution >= 4 is 23.2 Å². The Bertz CT molecular complexity index is 717. The van der Waals surface area contributed by atoms with Crippen LogP contribution >= 0.6 is 11.3 Å². The molecule has 0 spiro atoms. The van der Waals surface area contributed by atoms with Gasteiger partial charge >= 0.3 is 0 Å². The van der Waals surface area contributed by atoms with Gasteiger partial charge in [0.2, 0.25) is 11.8 Å². The van der Waals surface area contributed by atoms with Crippen LogP contribution in [0.25, 0.3) is 0 Å². The summed E-state index contributed by atoms with van der Waals surface area (Å²) in [5, 5.41) is 6.80. The molecule has 0 saturated carbocycles. The summed E-state index contributed by atoms with van der Waals surface area (Å²) >= 11 is 1.58. The summed E-state index contributed by atoms with van der Waals surface area (Å²) in [6, 6.07) is 1.94. The van der Waals surface area contributed by atoms with Gasteiger partial charge in [0.1, 0.15) is 0 Å². The Morgan fingerprint density at radius 1 is 1.42 bits per heavy atom. The van der Waals surface area contributed by atoms with Crippen molar-refractivity contribution < 1.29 is 9.59 Å². The van der Waals surface area contributed by atoms with E-state index in [4.69, 9.17) is 0 Å². The Morgan fingerprint density at radius 3 is 3.04 bits per heavy atom. The Morgan fingerprint density at radius 2 is 2.29 bits per heavy atom. The van der Waals surface area contributed by atoms with E-state index in [1.807, 2.05) is 21.7 Å². The molecule has 0 radical (unpaired) electrons. The summed E-state index contributed by atoms with van der Waals surface area (Å²) in [7, 11) is 0. The number of carbonyl (C=O) groups is 2. The molecule has 3 rings (SSSR count). The van der Waals surface area contributed by atoms with Crippen molar-refractivity contribution in [3.8, 4) is 0 Å². The fourth-order valence-corrected chi connectivity index (χ4v) is 3.62. The van der Waals surface area contributed by atoms with Gasteiger partial charge in [0, 0.05) is 13.5 Å². The molecule has 6 nitrogen and oxygen atoms in total. The van der Waals surface area contributed by atoms with Gasteiger partial charge in [-0.05, 0) is 35.2 Å². The Balaban J connectivity index is 1.61. The molecule has 1 fully saturated rings. The van der Waals surface area contributed by atoms with E-state index in [1.54, 1.807) is 30.7 Å². The Hall–Kier alpha value is -2.28. The predicted octanol–water partition coefficient (Wildman–Crippen LogP) is 2.08. The van der Waals surface area contributed by atoms with E-state index < -0.39 is 0 Å². The van der Waals surface area contributed by atoms with E-state index in [2.05, 4.69) is 15.3 Å². The number of nitrogens with zero attached hydrogens (tertiary/aromatic N) is 3. The minimum absolute atomic E-state index is 0.00328. The van der Waals surface area contributed by atoms with Crippen molar-refractivity contribution in [1.29, 1.82) is 0 Å². The van der Waals surface area contributed by atoms with Crippen LogP contribution in [0.2, 0.25) is 0 Å². The monoisotopic (exact) mass is 344 g/mol. The van der Waals surface area contributed by atoms with E-state index >= 15 is 0 Å². The molecular formula is C17H20N4O2S. The number of aromatic nitrogens is 2. The van der Waals surface area contributed by atoms with Gasteiger partial charge in [-0.15, -0.1) is 0 Å². The number of carbonyl (C=O) groups excluding carboxylic acids is 2. The minimum atomic E-state index is -0.0353. The molecule has 0 unspecified atom stereocenters. The van der Waals surface area contributed by atoms with Gasteiger partial charge in [-0.3, -0.25) is 19.6 Å². The van der Waals surface area contributed by atoms with Gasteiger partial charge in [-0.25, -0.2) is 0 Å². The number of hydrogen-bond acceptors (Lipinski definition) is 5. The minimum Gasteiger partial charge on any atom is -0.350 e. The molecule has 2 aromatic heterocycles. The lowest BCUT2D eigenvalue weighted by Gasteiger charge is -2.22. The van der Waals surface area contributed by atoms with Gasteiger partial charge in [-0.1, -0.05) is 0 Å². The maximum Gasteiger partial charge on any atom is 0.224 e. The standard InChI is InChI=1S/C17H20N4O2S/c1-12(22)21-5-2-3-16(21)15-10-18-8-14(20-15)9-19-17(23)7-13-4-6-24-11-13/h4,6,8,10-11,16H,2-3,5,7,9H2,1H3,(H,19,23)/t16-/m1/s1. The molecule has 0 aliphatic carbocycles. The summed E-state index contributed by atoms with van der Waals surface area (Å²) in [4.78, 5) is 34.3. The molecule has 126 valence electrons. The van der Waals surface area contributed by atoms with Crippen LogP contribution in [-0.4, -0.2) is 33.2 Å². The van der Waals surface area contributed by atoms with E-state index in [1.165, 1.54) is 0 Å². The van der Waals surface area contributed by atoms with Crippen LogP contribution in [0, 0.1) is 0 Å². The van der Waals surface area contributed by atoms with Crippen LogP contribution in [0.1, 0.15) is 42.8 Å². The van der Waals surface area contributed by atoms with Crippen molar-refractivity contribution in [2.75, 3.05) is 6.54 Å². The Kier molecular flexibility index (Phi) is 5.20. The number of likely N-dealkylation sites (tertiary alicyclic amines) is 1. The molecule has 7 heteroatoms. The highest BCUT2D eigenvalue weighted by Crippen LogP contribution is 2.30. The van der Waals surface area contributed by atoms with Gasteiger partial charge in [0.25, 0.3) is 0 Å². The first-order valence-electron chi connectivity index (χ1n) is 7.99. The van der Waals surface area contributed by atoms with Crippen LogP contribution in [0.4, 0.5) is 0 Å². The van der Waals surface area contributed by atoms with E-state index in [9.17, 15) is 9.59 Å². The van der Waals surface area contributed by atoms with E-state index in [0.29, 0.717) is 18.7 Å². The third kappa shape index (κ3) is 3.97. The maximum atomic E-state index is 12.0. The van der Waals surface area contributed by atoms with E-state index in [-0.39, 0.29) is 17.9 Å². The van der Waals surface area contributed by atoms with Crippen LogP contribution in [0.5, 0.6) is 0 Å². The van der Waals surface area contributed by atoms with E-state index in [0.717, 1.165) is 30.6 Å². The van der Waals surface area contributed by atoms with Gasteiger partial charge in [0.15, 0.2) is 0 Å². The number of amides is 2. The number of thiophene rings is 1. The summed E-state index contributed by atoms with van der Waals surface area (Å²) in [6.45, 7) is 2.69. The van der Waals surface area contributed by atoms with Crippen molar-refractivity contribution in [3.63, 3.8) is 0 Å². The smallest absolute Gasteiger partial charge is 0.224 e. The summed E-state index contributed by atoms with van der Waals surface area (Å²) in [5.41, 5.74) is 2.52. The molecule has 2 aromatic rings. The van der Waals surface area contributed by atoms with Crippen LogP contribution in [0.15, 0.2) is 29.2 Å². The topological polar surface area (TPSA) is 75.2 Å². The van der Waals surface area contributed by atoms with Crippen molar-refractivity contribution in [2.45, 2.75) is 38.8 Å². The maximum absolute atomic E-state index is 12.0. The van der Waals surface area contributed by atoms with Crippen molar-refractivity contribution in [2.24, 2.45) is 0 Å². The highest BCUT2D eigenvalue weighted by Gasteiger charge is 2.29. The molecule has 1 aliphatic heterocycles. The molecule has 1 aliphatic rings. The zero-order valence-corrected chi connectivity index (χ0v) is 14.4. The lowest BCUT2D eigenvalue weighted by Crippen LogP contribution is -2.29. The van der Waals surface area contributed by atoms with Gasteiger partial charge < -0.3 is 10.2 Å². The first-order chi connectivity index (χ1) is 11.6. The zero-order valence-electron chi connectivity index (χ0n) is 13.6. The average molecular weight is 344 g/mol. The van der Waals surface area contributed by atoms with Gasteiger partial charge in [-0.2, -0.15) is 11.3 Å². The molecule has 0 aromatic carbocycles. The third-order valence-electron chi connectivity index (χ3n) is 4.11. The SMILES string of the molecule is CC(=O)N1CCC[C@@H]1c1cncc(CNC(=O)Cc2ccsc2)n1. The second kappa shape index (κ2) is 7.53. The Labute approximate surface area is 144 Å². The molecule has 1 saturated heterocycles. The highest BCUT2D eigenvalue weighted by atomic mass is 32.1. The van der Waals surface area contributed by atoms with Crippen LogP contribution in [0.3, 0.4) is 0 Å². The summed E-state index contributed by atoms with van der Waals surface area (Å²) < 4.78 is 0. The average Bonchev–Trinajstić information content (AvgIpc) is 3.24. The van der Waals surface area contributed by atoms with Crippen LogP contribution in [-0.2, 0) is 22.6 Å². The first kappa shape index (κ1) is 16.6. The molecule has 1 N–H and O–H groups in total. The predicted molar refractivity (Wildman–Crippen MR) is 91.3 cm³/mol. The molecule has 24 heavy (non-hydrogen) atoms. The highest BCUT2D eigenvalue weighted by molar-refractivity contribution is 7.07. The largest absolute Gasteiger partial charge is 0.350 e. The number of rotatable bonds is 5. The lowest BCUT2D eigenvalue weighted by molar-refractivity contribution is -0.129. The fourth-order valence-electron chi connectivity index (χ4n) is 2.95. The molecule has 3 heterocycles. The lowest BCUT2D eigenvalue weighted by atomic mass is 10.1. The molecule has 0 bridgehead atoms. The molecular weight excluding hydrogens is 324 g/mol. The first-order valence-corrected chi connectivity index (χ1v) is 8.93. The fraction of sp³-hybridized carbons (Fsp3) is 0.412. The number of nitrogens with one attached hydrogen (secondary N) is 1. The summed E-state index contributed by atoms with van der Waals surface area (Å²) in [5.74, 6) is 0.0283. The van der Waals surface area contributed by atoms with Gasteiger partial charge in [0.05, 0.1) is 42.8 Å². The second-order valence-electron chi connectivity index (χ2n) is 5.89. The number of hydrogen-bond donors (Lipinski definition) is 1. The zero-order chi connectivity index (χ0) is 16.9. The second-order valence-corrected chi connectivity index (χ2v) is 6.67. The molecule has 1 atom stereocenters. The molecule has 2 amide bonds. The third-order valence-corrected chi connectivity index (χ3v) is 4.85. The van der Waals surface area contributed by atoms with Crippen molar-refractivity contribution in [3.05, 3.63) is 46.2 Å². The van der Waals surface area contributed by atoms with Crippen molar-refractivity contribution in [1.82, 2.24) is 20.2 Å². The normalized spacial score (nSPS) is 17.0. The quantitative estimate of drug-likeness (QED) is 0.901. The summed E-state index contributed by atoms with van der Waals surface area (Å²) in [6.07, 6.45) is 5.62. The van der Waals surface area contributed by atoms with Crippen LogP contribution < -0.4 is 5.32 Å².